The van der Waals surface area contributed by atoms with Gasteiger partial charge in [0.2, 0.25) is 0 Å². The molecular formula is C39H78N2O17. The van der Waals surface area contributed by atoms with E-state index in [1.807, 2.05) is 41.5 Å². The Kier molecular flexibility index (Phi) is 39.0. The summed E-state index contributed by atoms with van der Waals surface area (Å²) in [4.78, 5) is 24.9. The second-order valence-electron chi connectivity index (χ2n) is 14.3. The highest BCUT2D eigenvalue weighted by molar-refractivity contribution is 5.68. The molecule has 346 valence electrons. The van der Waals surface area contributed by atoms with Crippen LogP contribution in [0.25, 0.3) is 0 Å². The fraction of sp³-hybridized carbons (Fsp3) is 0.949. The van der Waals surface area contributed by atoms with Gasteiger partial charge in [0.25, 0.3) is 0 Å². The first-order valence-electron chi connectivity index (χ1n) is 20.3. The van der Waals surface area contributed by atoms with Crippen LogP contribution in [0.15, 0.2) is 0 Å². The number of rotatable bonds is 42. The Hall–Kier alpha value is -1.98. The fourth-order valence-corrected chi connectivity index (χ4v) is 3.91. The largest absolute Gasteiger partial charge is 0.444 e. The number of hydrogen-bond acceptors (Lipinski definition) is 17. The van der Waals surface area contributed by atoms with Gasteiger partial charge in [0, 0.05) is 20.1 Å². The monoisotopic (exact) mass is 847 g/mol. The first kappa shape index (κ1) is 56.0. The molecule has 19 heteroatoms. The smallest absolute Gasteiger partial charge is 0.410 e. The zero-order valence-corrected chi connectivity index (χ0v) is 36.7. The summed E-state index contributed by atoms with van der Waals surface area (Å²) in [5.41, 5.74) is -1.03. The van der Waals surface area contributed by atoms with Crippen molar-refractivity contribution in [3.8, 4) is 0 Å². The van der Waals surface area contributed by atoms with Gasteiger partial charge in [0.05, 0.1) is 172 Å². The third kappa shape index (κ3) is 46.7. The maximum atomic E-state index is 11.9. The first-order chi connectivity index (χ1) is 27.9. The minimum absolute atomic E-state index is 0.369. The van der Waals surface area contributed by atoms with Gasteiger partial charge in [0.15, 0.2) is 0 Å². The van der Waals surface area contributed by atoms with Crippen molar-refractivity contribution >= 4 is 12.2 Å². The zero-order valence-electron chi connectivity index (χ0n) is 36.7. The molecule has 0 aliphatic heterocycles. The SMILES string of the molecule is CN(CCOCCOCCOCCOCCOCCOCCOCCOCCOCCOCCOCCOCCOCCNC(=O)OC(C)(C)C)C(=O)OC(C)(C)C. The van der Waals surface area contributed by atoms with Gasteiger partial charge >= 0.3 is 12.2 Å². The molecule has 0 heterocycles. The molecule has 2 amide bonds. The summed E-state index contributed by atoms with van der Waals surface area (Å²) in [5, 5.41) is 2.63. The molecule has 58 heavy (non-hydrogen) atoms. The summed E-state index contributed by atoms with van der Waals surface area (Å²) in [6, 6.07) is 0. The van der Waals surface area contributed by atoms with Gasteiger partial charge in [-0.2, -0.15) is 0 Å². The van der Waals surface area contributed by atoms with Crippen LogP contribution in [-0.2, 0) is 71.1 Å². The lowest BCUT2D eigenvalue weighted by Crippen LogP contribution is -2.36. The number of carbonyl (C=O) groups excluding carboxylic acids is 2. The van der Waals surface area contributed by atoms with Crippen LogP contribution in [0, 0.1) is 0 Å². The highest BCUT2D eigenvalue weighted by Crippen LogP contribution is 2.09. The third-order valence-electron chi connectivity index (χ3n) is 6.65. The average molecular weight is 847 g/mol. The number of alkyl carbamates (subject to hydrolysis) is 1. The molecule has 0 atom stereocenters. The van der Waals surface area contributed by atoms with Gasteiger partial charge in [-0.1, -0.05) is 0 Å². The molecule has 0 saturated heterocycles. The van der Waals surface area contributed by atoms with Crippen LogP contribution in [0.3, 0.4) is 0 Å². The molecule has 0 aliphatic rings. The number of likely N-dealkylation sites (N-methyl/N-ethyl adjacent to an activating group) is 1. The van der Waals surface area contributed by atoms with Crippen molar-refractivity contribution in [1.82, 2.24) is 10.2 Å². The molecule has 0 bridgehead atoms. The maximum absolute atomic E-state index is 11.9. The van der Waals surface area contributed by atoms with Crippen molar-refractivity contribution in [1.29, 1.82) is 0 Å². The van der Waals surface area contributed by atoms with Gasteiger partial charge in [-0.3, -0.25) is 0 Å². The minimum Gasteiger partial charge on any atom is -0.444 e. The van der Waals surface area contributed by atoms with Crippen LogP contribution in [-0.4, -0.2) is 220 Å². The molecule has 0 aromatic rings. The third-order valence-corrected chi connectivity index (χ3v) is 6.65. The van der Waals surface area contributed by atoms with Crippen LogP contribution >= 0.6 is 0 Å². The number of amides is 2. The molecule has 0 aliphatic carbocycles. The molecule has 0 aromatic carbocycles. The zero-order chi connectivity index (χ0) is 42.8. The van der Waals surface area contributed by atoms with Gasteiger partial charge in [-0.15, -0.1) is 0 Å². The Bertz CT molecular complexity index is 908. The predicted octanol–water partition coefficient (Wildman–Crippen LogP) is 2.59. The van der Waals surface area contributed by atoms with Crippen LogP contribution in [0.5, 0.6) is 0 Å². The molecule has 0 spiro atoms. The minimum atomic E-state index is -0.517. The van der Waals surface area contributed by atoms with E-state index >= 15 is 0 Å². The van der Waals surface area contributed by atoms with E-state index < -0.39 is 17.3 Å². The normalized spacial score (nSPS) is 11.9. The lowest BCUT2D eigenvalue weighted by atomic mass is 10.2. The van der Waals surface area contributed by atoms with E-state index in [2.05, 4.69) is 5.32 Å². The van der Waals surface area contributed by atoms with E-state index in [9.17, 15) is 9.59 Å². The topological polar surface area (TPSA) is 188 Å². The Morgan fingerprint density at radius 3 is 0.828 bits per heavy atom. The number of ether oxygens (including phenoxy) is 15. The standard InChI is InChI=1S/C39H78N2O17/c1-38(2,3)57-36(42)40-8-10-44-12-14-46-16-18-48-20-22-50-24-26-52-28-30-54-32-34-56-35-33-55-31-29-53-27-25-51-23-21-49-19-17-47-15-13-45-11-9-41(7)37(43)58-39(4,5)6/h8-35H2,1-7H3,(H,40,42). The quantitative estimate of drug-likeness (QED) is 0.0883. The molecule has 0 unspecified atom stereocenters. The summed E-state index contributed by atoms with van der Waals surface area (Å²) in [6.45, 7) is 23.9. The van der Waals surface area contributed by atoms with Crippen LogP contribution in [0.1, 0.15) is 41.5 Å². The summed E-state index contributed by atoms with van der Waals surface area (Å²) >= 11 is 0. The first-order valence-corrected chi connectivity index (χ1v) is 20.3. The fourth-order valence-electron chi connectivity index (χ4n) is 3.91. The van der Waals surface area contributed by atoms with Crippen molar-refractivity contribution in [2.45, 2.75) is 52.7 Å². The molecule has 0 aromatic heterocycles. The van der Waals surface area contributed by atoms with E-state index in [-0.39, 0.29) is 6.09 Å². The lowest BCUT2D eigenvalue weighted by Gasteiger charge is -2.24. The Labute approximate surface area is 347 Å². The molecule has 0 radical (unpaired) electrons. The van der Waals surface area contributed by atoms with Crippen molar-refractivity contribution in [2.24, 2.45) is 0 Å². The van der Waals surface area contributed by atoms with Crippen molar-refractivity contribution in [3.05, 3.63) is 0 Å². The Balaban J connectivity index is 3.16. The maximum Gasteiger partial charge on any atom is 0.410 e. The van der Waals surface area contributed by atoms with Gasteiger partial charge in [-0.25, -0.2) is 9.59 Å². The highest BCUT2D eigenvalue weighted by atomic mass is 16.6. The number of nitrogens with zero attached hydrogens (tertiary/aromatic N) is 1. The van der Waals surface area contributed by atoms with E-state index in [4.69, 9.17) is 71.1 Å². The van der Waals surface area contributed by atoms with Gasteiger partial charge in [0.1, 0.15) is 11.2 Å². The van der Waals surface area contributed by atoms with Crippen molar-refractivity contribution in [3.63, 3.8) is 0 Å². The molecule has 0 fully saturated rings. The summed E-state index contributed by atoms with van der Waals surface area (Å²) in [7, 11) is 1.68. The number of nitrogens with one attached hydrogen (secondary N) is 1. The van der Waals surface area contributed by atoms with Crippen LogP contribution in [0.4, 0.5) is 9.59 Å². The summed E-state index contributed by atoms with van der Waals surface area (Å²) in [6.07, 6.45) is -0.826. The van der Waals surface area contributed by atoms with Crippen LogP contribution < -0.4 is 5.32 Å². The molecule has 0 saturated carbocycles. The summed E-state index contributed by atoms with van der Waals surface area (Å²) < 4.78 is 81.6. The summed E-state index contributed by atoms with van der Waals surface area (Å²) in [5.74, 6) is 0. The molecule has 19 nitrogen and oxygen atoms in total. The van der Waals surface area contributed by atoms with E-state index in [0.717, 1.165) is 0 Å². The van der Waals surface area contributed by atoms with Crippen LogP contribution in [0.2, 0.25) is 0 Å². The lowest BCUT2D eigenvalue weighted by molar-refractivity contribution is -0.0291. The molecule has 0 rings (SSSR count). The van der Waals surface area contributed by atoms with Gasteiger partial charge < -0.3 is 81.3 Å². The number of carbonyl (C=O) groups is 2. The molecular weight excluding hydrogens is 768 g/mol. The Morgan fingerprint density at radius 1 is 0.362 bits per heavy atom. The van der Waals surface area contributed by atoms with E-state index in [0.29, 0.717) is 185 Å². The van der Waals surface area contributed by atoms with Crippen molar-refractivity contribution < 1.29 is 80.6 Å². The highest BCUT2D eigenvalue weighted by Gasteiger charge is 2.19. The van der Waals surface area contributed by atoms with Gasteiger partial charge in [-0.05, 0) is 41.5 Å². The average Bonchev–Trinajstić information content (AvgIpc) is 3.15. The Morgan fingerprint density at radius 2 is 0.586 bits per heavy atom. The second kappa shape index (κ2) is 40.4. The number of hydrogen-bond donors (Lipinski definition) is 1. The predicted molar refractivity (Wildman–Crippen MR) is 214 cm³/mol. The second-order valence-corrected chi connectivity index (χ2v) is 14.3. The van der Waals surface area contributed by atoms with E-state index in [1.165, 1.54) is 4.90 Å². The molecule has 1 N–H and O–H groups in total. The van der Waals surface area contributed by atoms with E-state index in [1.54, 1.807) is 7.05 Å². The van der Waals surface area contributed by atoms with Crippen molar-refractivity contribution in [2.75, 3.05) is 192 Å².